The molecule has 0 aromatic heterocycles. The Morgan fingerprint density at radius 2 is 1.20 bits per heavy atom. The molecule has 2 unspecified atom stereocenters. The Labute approximate surface area is 94.1 Å². The summed E-state index contributed by atoms with van der Waals surface area (Å²) in [4.78, 5) is 11.4. The minimum absolute atomic E-state index is 0.125. The van der Waals surface area contributed by atoms with Crippen LogP contribution < -0.4 is 5.11 Å². The van der Waals surface area contributed by atoms with Crippen LogP contribution in [0.4, 0.5) is 0 Å². The molecule has 2 nitrogen and oxygen atoms in total. The summed E-state index contributed by atoms with van der Waals surface area (Å²) in [5, 5.41) is 11.4. The van der Waals surface area contributed by atoms with Crippen LogP contribution >= 0.6 is 0 Å². The van der Waals surface area contributed by atoms with Crippen molar-refractivity contribution in [2.45, 2.75) is 48.5 Å². The molecule has 90 valence electrons. The van der Waals surface area contributed by atoms with Crippen LogP contribution in [0.1, 0.15) is 48.5 Å². The van der Waals surface area contributed by atoms with E-state index in [2.05, 4.69) is 27.7 Å². The molecule has 0 fully saturated rings. The van der Waals surface area contributed by atoms with E-state index >= 15 is 0 Å². The minimum Gasteiger partial charge on any atom is -0.550 e. The zero-order valence-corrected chi connectivity index (χ0v) is 11.1. The molecule has 0 aromatic rings. The van der Waals surface area contributed by atoms with Gasteiger partial charge in [0.15, 0.2) is 0 Å². The Hall–Kier alpha value is -0.530. The summed E-state index contributed by atoms with van der Waals surface area (Å²) in [6.45, 7) is 14.1. The molecule has 0 aliphatic carbocycles. The third-order valence-electron chi connectivity index (χ3n) is 4.33. The normalized spacial score (nSPS) is 20.1. The van der Waals surface area contributed by atoms with Crippen molar-refractivity contribution in [3.8, 4) is 0 Å². The number of hydrogen-bond acceptors (Lipinski definition) is 2. The highest BCUT2D eigenvalue weighted by Crippen LogP contribution is 2.42. The molecule has 0 bridgehead atoms. The molecule has 0 amide bonds. The monoisotopic (exact) mass is 213 g/mol. The molecule has 0 aromatic carbocycles. The summed E-state index contributed by atoms with van der Waals surface area (Å²) >= 11 is 0. The number of aliphatic carboxylic acids is 1. The smallest absolute Gasteiger partial charge is 0.0479 e. The predicted molar refractivity (Wildman–Crippen MR) is 61.1 cm³/mol. The van der Waals surface area contributed by atoms with E-state index in [0.717, 1.165) is 0 Å². The van der Waals surface area contributed by atoms with Gasteiger partial charge in [-0.3, -0.25) is 0 Å². The lowest BCUT2D eigenvalue weighted by atomic mass is 9.62. The molecule has 0 spiro atoms. The van der Waals surface area contributed by atoms with Gasteiger partial charge >= 0.3 is 0 Å². The lowest BCUT2D eigenvalue weighted by Crippen LogP contribution is -2.51. The van der Waals surface area contributed by atoms with Crippen LogP contribution in [0, 0.1) is 29.1 Å². The lowest BCUT2D eigenvalue weighted by Gasteiger charge is -2.45. The highest BCUT2D eigenvalue weighted by Gasteiger charge is 2.40. The molecule has 0 aliphatic rings. The third-order valence-corrected chi connectivity index (χ3v) is 4.33. The average Bonchev–Trinajstić information content (AvgIpc) is 2.13. The predicted octanol–water partition coefficient (Wildman–Crippen LogP) is 2.33. The largest absolute Gasteiger partial charge is 0.550 e. The van der Waals surface area contributed by atoms with Gasteiger partial charge in [0.1, 0.15) is 0 Å². The molecular weight excluding hydrogens is 188 g/mol. The molecule has 0 N–H and O–H groups in total. The van der Waals surface area contributed by atoms with Crippen LogP contribution in [-0.4, -0.2) is 5.97 Å². The van der Waals surface area contributed by atoms with E-state index in [1.54, 1.807) is 0 Å². The Morgan fingerprint density at radius 3 is 1.33 bits per heavy atom. The fourth-order valence-electron chi connectivity index (χ4n) is 2.17. The van der Waals surface area contributed by atoms with Gasteiger partial charge in [-0.2, -0.15) is 0 Å². The molecule has 0 saturated heterocycles. The molecule has 0 rings (SSSR count). The van der Waals surface area contributed by atoms with Crippen LogP contribution in [0.25, 0.3) is 0 Å². The van der Waals surface area contributed by atoms with Crippen molar-refractivity contribution in [3.05, 3.63) is 0 Å². The quantitative estimate of drug-likeness (QED) is 0.703. The van der Waals surface area contributed by atoms with Crippen LogP contribution in [-0.2, 0) is 4.79 Å². The number of carboxylic acid groups (broad SMARTS) is 1. The van der Waals surface area contributed by atoms with Crippen molar-refractivity contribution < 1.29 is 9.90 Å². The highest BCUT2D eigenvalue weighted by atomic mass is 16.4. The molecular formula is C13H25O2-. The second-order valence-electron chi connectivity index (χ2n) is 5.64. The van der Waals surface area contributed by atoms with Gasteiger partial charge in [-0.15, -0.1) is 0 Å². The van der Waals surface area contributed by atoms with Gasteiger partial charge < -0.3 is 9.90 Å². The third kappa shape index (κ3) is 2.73. The van der Waals surface area contributed by atoms with Gasteiger partial charge in [0.05, 0.1) is 0 Å². The summed E-state index contributed by atoms with van der Waals surface area (Å²) < 4.78 is 0. The van der Waals surface area contributed by atoms with E-state index in [-0.39, 0.29) is 11.8 Å². The number of carboxylic acids is 1. The van der Waals surface area contributed by atoms with E-state index in [0.29, 0.717) is 11.8 Å². The van der Waals surface area contributed by atoms with E-state index in [4.69, 9.17) is 0 Å². The Bertz CT molecular complexity index is 205. The maximum atomic E-state index is 11.4. The Balaban J connectivity index is 5.15. The van der Waals surface area contributed by atoms with Gasteiger partial charge in [0.25, 0.3) is 0 Å². The van der Waals surface area contributed by atoms with Crippen molar-refractivity contribution in [2.24, 2.45) is 29.1 Å². The first kappa shape index (κ1) is 14.5. The molecule has 0 aliphatic heterocycles. The van der Waals surface area contributed by atoms with Crippen molar-refractivity contribution in [1.82, 2.24) is 0 Å². The average molecular weight is 213 g/mol. The maximum absolute atomic E-state index is 11.4. The van der Waals surface area contributed by atoms with Crippen molar-refractivity contribution in [2.75, 3.05) is 0 Å². The Kier molecular flexibility index (Phi) is 4.82. The zero-order valence-electron chi connectivity index (χ0n) is 11.1. The summed E-state index contributed by atoms with van der Waals surface area (Å²) in [7, 11) is 0. The number of carbonyl (C=O) groups is 1. The van der Waals surface area contributed by atoms with E-state index < -0.39 is 11.4 Å². The molecule has 0 saturated carbocycles. The van der Waals surface area contributed by atoms with Gasteiger partial charge in [0, 0.05) is 11.4 Å². The Morgan fingerprint density at radius 1 is 0.933 bits per heavy atom. The number of carbonyl (C=O) groups excluding carboxylic acids is 1. The standard InChI is InChI=1S/C13H26O2/c1-8(2)10(5)13(7,12(14)15)11(6)9(3)4/h8-11H,1-7H3,(H,14,15)/p-1. The van der Waals surface area contributed by atoms with E-state index in [1.165, 1.54) is 0 Å². The summed E-state index contributed by atoms with van der Waals surface area (Å²) in [5.74, 6) is 0.0490. The second-order valence-corrected chi connectivity index (χ2v) is 5.64. The van der Waals surface area contributed by atoms with Crippen LogP contribution in [0.15, 0.2) is 0 Å². The fourth-order valence-corrected chi connectivity index (χ4v) is 2.17. The SMILES string of the molecule is CC(C)C(C)C(C)(C(=O)[O-])C(C)C(C)C. The first-order valence-corrected chi connectivity index (χ1v) is 5.87. The fraction of sp³-hybridized carbons (Fsp3) is 0.923. The van der Waals surface area contributed by atoms with Crippen LogP contribution in [0.3, 0.4) is 0 Å². The zero-order chi connectivity index (χ0) is 12.4. The molecule has 2 atom stereocenters. The molecule has 0 radical (unpaired) electrons. The summed E-state index contributed by atoms with van der Waals surface area (Å²) in [6.07, 6.45) is 0. The van der Waals surface area contributed by atoms with E-state index in [9.17, 15) is 9.90 Å². The maximum Gasteiger partial charge on any atom is 0.0479 e. The molecule has 0 heterocycles. The lowest BCUT2D eigenvalue weighted by molar-refractivity contribution is -0.325. The second kappa shape index (κ2) is 5.00. The minimum atomic E-state index is -0.912. The van der Waals surface area contributed by atoms with Crippen molar-refractivity contribution >= 4 is 5.97 Å². The number of hydrogen-bond donors (Lipinski definition) is 0. The molecule has 15 heavy (non-hydrogen) atoms. The van der Waals surface area contributed by atoms with Crippen molar-refractivity contribution in [1.29, 1.82) is 0 Å². The first-order chi connectivity index (χ1) is 6.65. The van der Waals surface area contributed by atoms with Crippen molar-refractivity contribution in [3.63, 3.8) is 0 Å². The van der Waals surface area contributed by atoms with E-state index in [1.807, 2.05) is 20.8 Å². The summed E-state index contributed by atoms with van der Waals surface area (Å²) in [6, 6.07) is 0. The van der Waals surface area contributed by atoms with Crippen LogP contribution in [0.5, 0.6) is 0 Å². The highest BCUT2D eigenvalue weighted by molar-refractivity contribution is 5.72. The topological polar surface area (TPSA) is 40.1 Å². The van der Waals surface area contributed by atoms with Crippen LogP contribution in [0.2, 0.25) is 0 Å². The van der Waals surface area contributed by atoms with Gasteiger partial charge in [-0.25, -0.2) is 0 Å². The van der Waals surface area contributed by atoms with Gasteiger partial charge in [-0.05, 0) is 23.7 Å². The van der Waals surface area contributed by atoms with Gasteiger partial charge in [0.2, 0.25) is 0 Å². The summed E-state index contributed by atoms with van der Waals surface area (Å²) in [5.41, 5.74) is -0.734. The van der Waals surface area contributed by atoms with Gasteiger partial charge in [-0.1, -0.05) is 48.5 Å². The molecule has 2 heteroatoms. The first-order valence-electron chi connectivity index (χ1n) is 5.87. The number of rotatable bonds is 5.